The van der Waals surface area contributed by atoms with Crippen LogP contribution in [0.2, 0.25) is 0 Å². The van der Waals surface area contributed by atoms with Crippen LogP contribution >= 0.6 is 0 Å². The number of ketones is 1. The normalized spacial score (nSPS) is 21.1. The lowest BCUT2D eigenvalue weighted by molar-refractivity contribution is 0.0904. The molecule has 0 saturated heterocycles. The summed E-state index contributed by atoms with van der Waals surface area (Å²) in [6.07, 6.45) is 9.15. The van der Waals surface area contributed by atoms with E-state index in [4.69, 9.17) is 0 Å². The number of aromatic nitrogens is 1. The first kappa shape index (κ1) is 9.25. The molecule has 0 radical (unpaired) electrons. The second-order valence-corrected chi connectivity index (χ2v) is 3.85. The molecule has 0 N–H and O–H groups in total. The Morgan fingerprint density at radius 1 is 1.50 bits per heavy atom. The van der Waals surface area contributed by atoms with Gasteiger partial charge < -0.3 is 4.57 Å². The van der Waals surface area contributed by atoms with Gasteiger partial charge in [-0.1, -0.05) is 12.2 Å². The van der Waals surface area contributed by atoms with Crippen LogP contribution in [-0.4, -0.2) is 10.4 Å². The van der Waals surface area contributed by atoms with E-state index >= 15 is 0 Å². The van der Waals surface area contributed by atoms with Gasteiger partial charge in [-0.05, 0) is 31.4 Å². The molecule has 0 bridgehead atoms. The van der Waals surface area contributed by atoms with Gasteiger partial charge in [-0.2, -0.15) is 0 Å². The number of allylic oxidation sites excluding steroid dienone is 2. The van der Waals surface area contributed by atoms with Crippen molar-refractivity contribution in [2.75, 3.05) is 0 Å². The van der Waals surface area contributed by atoms with Crippen molar-refractivity contribution < 1.29 is 4.79 Å². The Labute approximate surface area is 84.2 Å². The van der Waals surface area contributed by atoms with E-state index in [0.29, 0.717) is 5.78 Å². The third kappa shape index (κ3) is 1.65. The Morgan fingerprint density at radius 2 is 2.36 bits per heavy atom. The molecule has 0 amide bonds. The summed E-state index contributed by atoms with van der Waals surface area (Å²) < 4.78 is 1.90. The van der Waals surface area contributed by atoms with Crippen LogP contribution in [0.1, 0.15) is 29.8 Å². The van der Waals surface area contributed by atoms with E-state index in [-0.39, 0.29) is 5.92 Å². The first-order chi connectivity index (χ1) is 6.79. The lowest BCUT2D eigenvalue weighted by atomic mass is 9.89. The highest BCUT2D eigenvalue weighted by Crippen LogP contribution is 2.22. The highest BCUT2D eigenvalue weighted by atomic mass is 16.1. The van der Waals surface area contributed by atoms with Crippen molar-refractivity contribution in [2.45, 2.75) is 19.3 Å². The second kappa shape index (κ2) is 3.82. The summed E-state index contributed by atoms with van der Waals surface area (Å²) in [6.45, 7) is 0. The van der Waals surface area contributed by atoms with Crippen molar-refractivity contribution in [3.63, 3.8) is 0 Å². The van der Waals surface area contributed by atoms with Crippen molar-refractivity contribution in [3.8, 4) is 0 Å². The zero-order valence-electron chi connectivity index (χ0n) is 8.44. The van der Waals surface area contributed by atoms with Gasteiger partial charge in [0, 0.05) is 19.2 Å². The fourth-order valence-electron chi connectivity index (χ4n) is 1.96. The van der Waals surface area contributed by atoms with Crippen molar-refractivity contribution in [2.24, 2.45) is 13.0 Å². The zero-order valence-corrected chi connectivity index (χ0v) is 8.44. The van der Waals surface area contributed by atoms with Gasteiger partial charge in [-0.3, -0.25) is 4.79 Å². The number of hydrogen-bond donors (Lipinski definition) is 0. The number of aryl methyl sites for hydroxylation is 1. The van der Waals surface area contributed by atoms with E-state index in [0.717, 1.165) is 25.0 Å². The maximum Gasteiger partial charge on any atom is 0.182 e. The summed E-state index contributed by atoms with van der Waals surface area (Å²) in [5.74, 6) is 0.496. The van der Waals surface area contributed by atoms with Gasteiger partial charge in [-0.15, -0.1) is 0 Å². The molecule has 1 heterocycles. The number of Topliss-reactive ketones (excluding diaryl/α,β-unsaturated/α-hetero) is 1. The van der Waals surface area contributed by atoms with Crippen LogP contribution in [0.3, 0.4) is 0 Å². The van der Waals surface area contributed by atoms with Gasteiger partial charge in [-0.25, -0.2) is 0 Å². The topological polar surface area (TPSA) is 22.0 Å². The number of nitrogens with zero attached hydrogens (tertiary/aromatic N) is 1. The van der Waals surface area contributed by atoms with Crippen LogP contribution in [0.25, 0.3) is 0 Å². The van der Waals surface area contributed by atoms with Crippen LogP contribution in [0.15, 0.2) is 30.5 Å². The fraction of sp³-hybridized carbons (Fsp3) is 0.417. The highest BCUT2D eigenvalue weighted by Gasteiger charge is 2.21. The quantitative estimate of drug-likeness (QED) is 0.517. The van der Waals surface area contributed by atoms with E-state index in [1.807, 2.05) is 29.9 Å². The van der Waals surface area contributed by atoms with E-state index < -0.39 is 0 Å². The van der Waals surface area contributed by atoms with Crippen molar-refractivity contribution >= 4 is 5.78 Å². The highest BCUT2D eigenvalue weighted by molar-refractivity contribution is 5.96. The molecule has 1 aliphatic carbocycles. The van der Waals surface area contributed by atoms with Crippen molar-refractivity contribution in [1.82, 2.24) is 4.57 Å². The van der Waals surface area contributed by atoms with Crippen LogP contribution in [0.5, 0.6) is 0 Å². The van der Waals surface area contributed by atoms with E-state index in [9.17, 15) is 4.79 Å². The standard InChI is InChI=1S/C12H15NO/c1-13-9-5-8-11(13)12(14)10-6-3-2-4-7-10/h2-3,5,8-10H,4,6-7H2,1H3/t10-/m0/s1. The minimum atomic E-state index is 0.202. The van der Waals surface area contributed by atoms with Crippen LogP contribution in [0.4, 0.5) is 0 Å². The molecule has 0 spiro atoms. The Kier molecular flexibility index (Phi) is 2.53. The molecule has 0 aromatic carbocycles. The summed E-state index contributed by atoms with van der Waals surface area (Å²) in [5.41, 5.74) is 0.838. The minimum Gasteiger partial charge on any atom is -0.348 e. The molecule has 1 aliphatic rings. The Hall–Kier alpha value is -1.31. The van der Waals surface area contributed by atoms with Crippen molar-refractivity contribution in [3.05, 3.63) is 36.2 Å². The molecule has 0 fully saturated rings. The molecule has 74 valence electrons. The average molecular weight is 189 g/mol. The number of carbonyl (C=O) groups excluding carboxylic acids is 1. The third-order valence-corrected chi connectivity index (χ3v) is 2.84. The first-order valence-electron chi connectivity index (χ1n) is 5.09. The Bertz CT molecular complexity index is 362. The second-order valence-electron chi connectivity index (χ2n) is 3.85. The number of carbonyl (C=O) groups is 1. The van der Waals surface area contributed by atoms with Crippen LogP contribution < -0.4 is 0 Å². The first-order valence-corrected chi connectivity index (χ1v) is 5.09. The van der Waals surface area contributed by atoms with Gasteiger partial charge in [0.15, 0.2) is 5.78 Å². The molecule has 0 saturated carbocycles. The van der Waals surface area contributed by atoms with Gasteiger partial charge in [0.1, 0.15) is 0 Å². The summed E-state index contributed by atoms with van der Waals surface area (Å²) in [5, 5.41) is 0. The van der Waals surface area contributed by atoms with Crippen LogP contribution in [0, 0.1) is 5.92 Å². The van der Waals surface area contributed by atoms with Crippen LogP contribution in [-0.2, 0) is 7.05 Å². The Balaban J connectivity index is 2.16. The predicted octanol–water partition coefficient (Wildman–Crippen LogP) is 2.56. The molecule has 0 aliphatic heterocycles. The van der Waals surface area contributed by atoms with Gasteiger partial charge in [0.05, 0.1) is 5.69 Å². The summed E-state index contributed by atoms with van der Waals surface area (Å²) in [7, 11) is 1.92. The lowest BCUT2D eigenvalue weighted by Crippen LogP contribution is -2.18. The zero-order chi connectivity index (χ0) is 9.97. The predicted molar refractivity (Wildman–Crippen MR) is 56.2 cm³/mol. The largest absolute Gasteiger partial charge is 0.348 e. The van der Waals surface area contributed by atoms with E-state index in [1.54, 1.807) is 0 Å². The maximum absolute atomic E-state index is 12.0. The average Bonchev–Trinajstić information content (AvgIpc) is 2.65. The molecule has 1 aromatic heterocycles. The molecule has 14 heavy (non-hydrogen) atoms. The Morgan fingerprint density at radius 3 is 2.93 bits per heavy atom. The summed E-state index contributed by atoms with van der Waals surface area (Å²) in [4.78, 5) is 12.0. The maximum atomic E-state index is 12.0. The number of hydrogen-bond acceptors (Lipinski definition) is 1. The molecule has 2 heteroatoms. The van der Waals surface area contributed by atoms with Crippen molar-refractivity contribution in [1.29, 1.82) is 0 Å². The number of rotatable bonds is 2. The minimum absolute atomic E-state index is 0.202. The van der Waals surface area contributed by atoms with Gasteiger partial charge >= 0.3 is 0 Å². The summed E-state index contributed by atoms with van der Waals surface area (Å²) >= 11 is 0. The fourth-order valence-corrected chi connectivity index (χ4v) is 1.96. The van der Waals surface area contributed by atoms with E-state index in [1.165, 1.54) is 0 Å². The van der Waals surface area contributed by atoms with Gasteiger partial charge in [0.2, 0.25) is 0 Å². The molecule has 2 rings (SSSR count). The molecule has 1 atom stereocenters. The molecular weight excluding hydrogens is 174 g/mol. The molecule has 1 aromatic rings. The SMILES string of the molecule is Cn1cccc1C(=O)[C@H]1CC=CCC1. The molecule has 2 nitrogen and oxygen atoms in total. The third-order valence-electron chi connectivity index (χ3n) is 2.84. The molecule has 0 unspecified atom stereocenters. The lowest BCUT2D eigenvalue weighted by Gasteiger charge is -2.16. The smallest absolute Gasteiger partial charge is 0.182 e. The monoisotopic (exact) mass is 189 g/mol. The van der Waals surface area contributed by atoms with Gasteiger partial charge in [0.25, 0.3) is 0 Å². The summed E-state index contributed by atoms with van der Waals surface area (Å²) in [6, 6.07) is 3.83. The van der Waals surface area contributed by atoms with E-state index in [2.05, 4.69) is 12.2 Å². The molecular formula is C12H15NO.